The van der Waals surface area contributed by atoms with Gasteiger partial charge < -0.3 is 5.32 Å². The third-order valence-electron chi connectivity index (χ3n) is 3.82. The third-order valence-corrected chi connectivity index (χ3v) is 3.82. The summed E-state index contributed by atoms with van der Waals surface area (Å²) in [6, 6.07) is 27.6. The first-order valence-electron chi connectivity index (χ1n) is 9.38. The molecule has 0 unspecified atom stereocenters. The van der Waals surface area contributed by atoms with Crippen LogP contribution in [0.5, 0.6) is 0 Å². The van der Waals surface area contributed by atoms with E-state index < -0.39 is 0 Å². The maximum atomic E-state index is 5.75. The zero-order chi connectivity index (χ0) is 19.2. The van der Waals surface area contributed by atoms with Crippen molar-refractivity contribution in [2.24, 2.45) is 0 Å². The van der Waals surface area contributed by atoms with Gasteiger partial charge in [0.1, 0.15) is 7.28 Å². The minimum atomic E-state index is 0. The Balaban J connectivity index is 0. The van der Waals surface area contributed by atoms with Crippen molar-refractivity contribution in [2.75, 3.05) is 7.05 Å². The molecule has 135 valence electrons. The number of nitrogens with one attached hydrogen (secondary N) is 1. The summed E-state index contributed by atoms with van der Waals surface area (Å²) in [5.41, 5.74) is 6.49. The average molecular weight is 510 g/mol. The summed E-state index contributed by atoms with van der Waals surface area (Å²) >= 11 is 0. The van der Waals surface area contributed by atoms with Crippen LogP contribution in [0.25, 0.3) is 11.1 Å². The fourth-order valence-electron chi connectivity index (χ4n) is 2.50. The Labute approximate surface area is 218 Å². The van der Waals surface area contributed by atoms with Crippen molar-refractivity contribution in [1.29, 1.82) is 0 Å². The number of hydrogen-bond donors (Lipinski definition) is 1. The number of hydrogen-bond acceptors (Lipinski definition) is 1. The molecule has 4 heteroatoms. The molecular weight excluding hydrogens is 479 g/mol. The largest absolute Gasteiger partial charge is 0.316 e. The SMILES string of the molecule is CNCc1ccc(-c2ccccc2)cc1.C[B]c1cccc(C)c1.[3H]C.[Y].[Y]. The average Bonchev–Trinajstić information content (AvgIpc) is 2.71. The van der Waals surface area contributed by atoms with Gasteiger partial charge in [0.05, 0.1) is 0 Å². The van der Waals surface area contributed by atoms with Crippen LogP contribution in [0.2, 0.25) is 6.82 Å². The molecule has 0 fully saturated rings. The van der Waals surface area contributed by atoms with Crippen LogP contribution in [-0.2, 0) is 72.0 Å². The minimum Gasteiger partial charge on any atom is -0.316 e. The van der Waals surface area contributed by atoms with Crippen LogP contribution in [0.4, 0.5) is 0 Å². The van der Waals surface area contributed by atoms with E-state index in [-0.39, 0.29) is 65.4 Å². The Morgan fingerprint density at radius 2 is 1.44 bits per heavy atom. The van der Waals surface area contributed by atoms with Crippen LogP contribution in [0.1, 0.15) is 19.9 Å². The minimum absolute atomic E-state index is 0. The first-order valence-corrected chi connectivity index (χ1v) is 8.38. The molecular formula is C23H29BNY2. The summed E-state index contributed by atoms with van der Waals surface area (Å²) in [6.07, 6.45) is 0. The Bertz CT molecular complexity index is 737. The normalized spacial score (nSPS) is 8.96. The third kappa shape index (κ3) is 10.9. The molecule has 1 N–H and O–H groups in total. The summed E-state index contributed by atoms with van der Waals surface area (Å²) < 4.78 is 5.75. The van der Waals surface area contributed by atoms with E-state index in [1.807, 2.05) is 13.1 Å². The van der Waals surface area contributed by atoms with Gasteiger partial charge in [-0.1, -0.05) is 104 Å². The summed E-state index contributed by atoms with van der Waals surface area (Å²) in [5, 5.41) is 3.14. The molecule has 0 saturated carbocycles. The van der Waals surface area contributed by atoms with Crippen LogP contribution in [0.3, 0.4) is 0 Å². The Hall–Kier alpha value is -0.107. The van der Waals surface area contributed by atoms with Gasteiger partial charge in [-0.15, -0.1) is 0 Å². The van der Waals surface area contributed by atoms with Crippen molar-refractivity contribution in [3.05, 3.63) is 90.0 Å². The van der Waals surface area contributed by atoms with E-state index in [0.29, 0.717) is 0 Å². The molecule has 0 amide bonds. The van der Waals surface area contributed by atoms with Crippen molar-refractivity contribution >= 4 is 12.7 Å². The van der Waals surface area contributed by atoms with Gasteiger partial charge in [-0.25, -0.2) is 0 Å². The maximum absolute atomic E-state index is 5.75. The first kappa shape index (κ1) is 26.9. The fraction of sp³-hybridized carbons (Fsp3) is 0.217. The second-order valence-electron chi connectivity index (χ2n) is 5.80. The van der Waals surface area contributed by atoms with E-state index in [9.17, 15) is 0 Å². The fourth-order valence-corrected chi connectivity index (χ4v) is 2.50. The molecule has 3 aromatic carbocycles. The molecule has 0 heterocycles. The van der Waals surface area contributed by atoms with Crippen LogP contribution in [-0.4, -0.2) is 14.3 Å². The predicted molar refractivity (Wildman–Crippen MR) is 114 cm³/mol. The predicted octanol–water partition coefficient (Wildman–Crippen LogP) is 5.08. The van der Waals surface area contributed by atoms with Gasteiger partial charge in [0.15, 0.2) is 0 Å². The standard InChI is InChI=1S/C14H15N.C8H10B.CH4.2Y/c1-15-11-12-7-9-14(10-8-12)13-5-3-2-4-6-13;1-7-4-3-5-8(6-7)9-2;;;/h2-10,15H,11H2,1H3;3-6H,1-2H3;1H4;;/i;;1T;;. The van der Waals surface area contributed by atoms with E-state index in [1.165, 1.54) is 35.1 Å². The van der Waals surface area contributed by atoms with Crippen molar-refractivity contribution in [1.82, 2.24) is 5.32 Å². The van der Waals surface area contributed by atoms with Crippen molar-refractivity contribution < 1.29 is 66.8 Å². The molecule has 3 aromatic rings. The molecule has 0 aliphatic rings. The smallest absolute Gasteiger partial charge is 0.148 e. The molecule has 0 aliphatic carbocycles. The van der Waals surface area contributed by atoms with E-state index >= 15 is 0 Å². The molecule has 3 radical (unpaired) electrons. The van der Waals surface area contributed by atoms with Crippen LogP contribution < -0.4 is 10.8 Å². The first-order chi connectivity index (χ1) is 12.7. The molecule has 0 aromatic heterocycles. The Kier molecular flexibility index (Phi) is 16.7. The molecule has 0 bridgehead atoms. The van der Waals surface area contributed by atoms with Gasteiger partial charge in [-0.05, 0) is 30.7 Å². The maximum Gasteiger partial charge on any atom is 0.148 e. The van der Waals surface area contributed by atoms with Gasteiger partial charge >= 0.3 is 0 Å². The Morgan fingerprint density at radius 3 is 1.93 bits per heavy atom. The van der Waals surface area contributed by atoms with Crippen molar-refractivity contribution in [2.45, 2.75) is 27.7 Å². The van der Waals surface area contributed by atoms with Crippen LogP contribution >= 0.6 is 0 Å². The number of rotatable bonds is 4. The molecule has 1 nitrogen and oxygen atoms in total. The summed E-state index contributed by atoms with van der Waals surface area (Å²) in [7, 11) is 5.32. The summed E-state index contributed by atoms with van der Waals surface area (Å²) in [6.45, 7) is 5.08. The van der Waals surface area contributed by atoms with Gasteiger partial charge in [0.2, 0.25) is 0 Å². The van der Waals surface area contributed by atoms with Crippen molar-refractivity contribution in [3.8, 4) is 11.1 Å². The second kappa shape index (κ2) is 16.8. The monoisotopic (exact) mass is 510 g/mol. The van der Waals surface area contributed by atoms with Crippen LogP contribution in [0, 0.1) is 6.92 Å². The van der Waals surface area contributed by atoms with Gasteiger partial charge in [0.25, 0.3) is 0 Å². The number of benzene rings is 3. The topological polar surface area (TPSA) is 12.0 Å². The van der Waals surface area contributed by atoms with Crippen LogP contribution in [0.15, 0.2) is 78.9 Å². The molecule has 0 aliphatic heterocycles. The number of aryl methyl sites for hydroxylation is 1. The van der Waals surface area contributed by atoms with E-state index in [2.05, 4.69) is 99.1 Å². The summed E-state index contributed by atoms with van der Waals surface area (Å²) in [4.78, 5) is 0. The van der Waals surface area contributed by atoms with Gasteiger partial charge in [-0.3, -0.25) is 0 Å². The van der Waals surface area contributed by atoms with E-state index in [4.69, 9.17) is 1.37 Å². The second-order valence-corrected chi connectivity index (χ2v) is 5.80. The zero-order valence-corrected chi connectivity index (χ0v) is 22.6. The van der Waals surface area contributed by atoms with E-state index in [1.54, 1.807) is 0 Å². The zero-order valence-electron chi connectivity index (χ0n) is 17.9. The molecule has 3 rings (SSSR count). The van der Waals surface area contributed by atoms with Gasteiger partial charge in [-0.2, -0.15) is 0 Å². The Morgan fingerprint density at radius 1 is 0.852 bits per heavy atom. The molecule has 27 heavy (non-hydrogen) atoms. The quantitative estimate of drug-likeness (QED) is 0.484. The van der Waals surface area contributed by atoms with Crippen molar-refractivity contribution in [3.63, 3.8) is 0 Å². The van der Waals surface area contributed by atoms with Gasteiger partial charge in [0, 0.05) is 73.3 Å². The van der Waals surface area contributed by atoms with E-state index in [0.717, 1.165) is 6.54 Å². The molecule has 0 atom stereocenters. The summed E-state index contributed by atoms with van der Waals surface area (Å²) in [5.74, 6) is 0. The molecule has 0 saturated heterocycles. The molecule has 0 spiro atoms.